The molecule has 1 fully saturated rings. The Morgan fingerprint density at radius 2 is 2.10 bits per heavy atom. The van der Waals surface area contributed by atoms with Gasteiger partial charge in [0.15, 0.2) is 0 Å². The number of carbonyl (C=O) groups is 1. The second-order valence-corrected chi connectivity index (χ2v) is 6.97. The van der Waals surface area contributed by atoms with Gasteiger partial charge in [-0.3, -0.25) is 0 Å². The van der Waals surface area contributed by atoms with Gasteiger partial charge in [0.2, 0.25) is 10.0 Å². The highest BCUT2D eigenvalue weighted by atomic mass is 35.5. The lowest BCUT2D eigenvalue weighted by Crippen LogP contribution is -2.17. The normalized spacial score (nSPS) is 15.6. The van der Waals surface area contributed by atoms with E-state index in [9.17, 15) is 17.6 Å². The molecule has 8 heteroatoms. The second-order valence-electron chi connectivity index (χ2n) is 5.03. The SMILES string of the molecule is NS(=O)(=O)c1cc(F)c(Cl)c(C(=O)OCCC2CCC2)c1. The molecule has 0 heterocycles. The molecule has 1 saturated carbocycles. The maximum Gasteiger partial charge on any atom is 0.339 e. The van der Waals surface area contributed by atoms with Crippen molar-refractivity contribution in [1.29, 1.82) is 0 Å². The van der Waals surface area contributed by atoms with Crippen molar-refractivity contribution >= 4 is 27.6 Å². The van der Waals surface area contributed by atoms with E-state index in [4.69, 9.17) is 21.5 Å². The smallest absolute Gasteiger partial charge is 0.339 e. The summed E-state index contributed by atoms with van der Waals surface area (Å²) < 4.78 is 41.1. The number of ether oxygens (including phenoxy) is 1. The van der Waals surface area contributed by atoms with Gasteiger partial charge in [0.25, 0.3) is 0 Å². The lowest BCUT2D eigenvalue weighted by molar-refractivity contribution is 0.0463. The third-order valence-corrected chi connectivity index (χ3v) is 4.81. The summed E-state index contributed by atoms with van der Waals surface area (Å²) in [6.45, 7) is 0.195. The Bertz CT molecular complexity index is 658. The Hall–Kier alpha value is -1.18. The molecular formula is C13H15ClFNO4S. The molecule has 2 N–H and O–H groups in total. The second kappa shape index (κ2) is 6.29. The Balaban J connectivity index is 2.13. The summed E-state index contributed by atoms with van der Waals surface area (Å²) in [6.07, 6.45) is 4.16. The minimum Gasteiger partial charge on any atom is -0.462 e. The molecule has 0 spiro atoms. The Morgan fingerprint density at radius 3 is 2.62 bits per heavy atom. The van der Waals surface area contributed by atoms with E-state index in [2.05, 4.69) is 0 Å². The number of sulfonamides is 1. The van der Waals surface area contributed by atoms with Crippen LogP contribution in [0, 0.1) is 11.7 Å². The van der Waals surface area contributed by atoms with Crippen LogP contribution in [0.15, 0.2) is 17.0 Å². The number of nitrogens with two attached hydrogens (primary N) is 1. The summed E-state index contributed by atoms with van der Waals surface area (Å²) in [7, 11) is -4.13. The fourth-order valence-corrected chi connectivity index (χ4v) is 2.79. The molecule has 0 saturated heterocycles. The molecule has 0 aromatic heterocycles. The van der Waals surface area contributed by atoms with Crippen molar-refractivity contribution in [1.82, 2.24) is 0 Å². The van der Waals surface area contributed by atoms with E-state index in [0.717, 1.165) is 25.3 Å². The van der Waals surface area contributed by atoms with Crippen LogP contribution in [0.5, 0.6) is 0 Å². The fraction of sp³-hybridized carbons (Fsp3) is 0.462. The maximum absolute atomic E-state index is 13.6. The van der Waals surface area contributed by atoms with Crippen molar-refractivity contribution in [3.05, 3.63) is 28.5 Å². The zero-order valence-electron chi connectivity index (χ0n) is 11.1. The van der Waals surface area contributed by atoms with Gasteiger partial charge in [-0.2, -0.15) is 0 Å². The first kappa shape index (κ1) is 16.2. The van der Waals surface area contributed by atoms with E-state index < -0.39 is 31.7 Å². The summed E-state index contributed by atoms with van der Waals surface area (Å²) in [6, 6.07) is 1.59. The number of hydrogen-bond donors (Lipinski definition) is 1. The van der Waals surface area contributed by atoms with Crippen molar-refractivity contribution < 1.29 is 22.3 Å². The van der Waals surface area contributed by atoms with Crippen LogP contribution in [0.2, 0.25) is 5.02 Å². The monoisotopic (exact) mass is 335 g/mol. The predicted octanol–water partition coefficient (Wildman–Crippen LogP) is 2.47. The van der Waals surface area contributed by atoms with Gasteiger partial charge in [0.1, 0.15) is 5.82 Å². The number of benzene rings is 1. The first-order valence-electron chi connectivity index (χ1n) is 6.48. The molecule has 0 atom stereocenters. The van der Waals surface area contributed by atoms with E-state index in [0.29, 0.717) is 12.0 Å². The number of halogens is 2. The van der Waals surface area contributed by atoms with E-state index in [1.807, 2.05) is 0 Å². The maximum atomic E-state index is 13.6. The van der Waals surface area contributed by atoms with Gasteiger partial charge in [0, 0.05) is 0 Å². The summed E-state index contributed by atoms with van der Waals surface area (Å²) in [4.78, 5) is 11.4. The van der Waals surface area contributed by atoms with Gasteiger partial charge in [-0.1, -0.05) is 30.9 Å². The largest absolute Gasteiger partial charge is 0.462 e. The number of esters is 1. The van der Waals surface area contributed by atoms with Crippen molar-refractivity contribution in [2.24, 2.45) is 11.1 Å². The van der Waals surface area contributed by atoms with Crippen LogP contribution in [-0.2, 0) is 14.8 Å². The van der Waals surface area contributed by atoms with Crippen LogP contribution in [0.4, 0.5) is 4.39 Å². The lowest BCUT2D eigenvalue weighted by Gasteiger charge is -2.24. The third kappa shape index (κ3) is 3.93. The van der Waals surface area contributed by atoms with Crippen LogP contribution in [0.3, 0.4) is 0 Å². The van der Waals surface area contributed by atoms with Crippen molar-refractivity contribution in [2.75, 3.05) is 6.61 Å². The van der Waals surface area contributed by atoms with Gasteiger partial charge in [0.05, 0.1) is 22.1 Å². The highest BCUT2D eigenvalue weighted by molar-refractivity contribution is 7.89. The molecule has 1 aromatic rings. The van der Waals surface area contributed by atoms with Crippen LogP contribution in [0.25, 0.3) is 0 Å². The molecule has 0 bridgehead atoms. The van der Waals surface area contributed by atoms with E-state index in [1.54, 1.807) is 0 Å². The number of hydrogen-bond acceptors (Lipinski definition) is 4. The molecule has 0 amide bonds. The molecule has 5 nitrogen and oxygen atoms in total. The highest BCUT2D eigenvalue weighted by Gasteiger charge is 2.22. The molecule has 21 heavy (non-hydrogen) atoms. The fourth-order valence-electron chi connectivity index (χ4n) is 2.05. The minimum absolute atomic E-state index is 0.195. The first-order chi connectivity index (χ1) is 9.79. The average Bonchev–Trinajstić information content (AvgIpc) is 2.33. The van der Waals surface area contributed by atoms with Crippen LogP contribution in [0.1, 0.15) is 36.0 Å². The molecule has 116 valence electrons. The Kier molecular flexibility index (Phi) is 4.85. The first-order valence-corrected chi connectivity index (χ1v) is 8.40. The van der Waals surface area contributed by atoms with Gasteiger partial charge in [-0.25, -0.2) is 22.7 Å². The molecule has 1 aliphatic rings. The molecule has 0 radical (unpaired) electrons. The zero-order chi connectivity index (χ0) is 15.6. The molecule has 0 unspecified atom stereocenters. The predicted molar refractivity (Wildman–Crippen MR) is 75.0 cm³/mol. The van der Waals surface area contributed by atoms with Gasteiger partial charge in [-0.15, -0.1) is 0 Å². The van der Waals surface area contributed by atoms with Crippen LogP contribution in [-0.4, -0.2) is 21.0 Å². The zero-order valence-corrected chi connectivity index (χ0v) is 12.7. The van der Waals surface area contributed by atoms with Crippen LogP contribution >= 0.6 is 11.6 Å². The standard InChI is InChI=1S/C13H15ClFNO4S/c14-12-10(6-9(7-11(12)15)21(16,18)19)13(17)20-5-4-8-2-1-3-8/h6-8H,1-5H2,(H2,16,18,19). The van der Waals surface area contributed by atoms with E-state index >= 15 is 0 Å². The van der Waals surface area contributed by atoms with Gasteiger partial charge >= 0.3 is 5.97 Å². The summed E-state index contributed by atoms with van der Waals surface area (Å²) in [5.41, 5.74) is -0.339. The van der Waals surface area contributed by atoms with Crippen molar-refractivity contribution in [3.63, 3.8) is 0 Å². The van der Waals surface area contributed by atoms with Gasteiger partial charge < -0.3 is 4.74 Å². The third-order valence-electron chi connectivity index (χ3n) is 3.53. The Labute approximate surface area is 127 Å². The lowest BCUT2D eigenvalue weighted by atomic mass is 9.83. The minimum atomic E-state index is -4.13. The van der Waals surface area contributed by atoms with E-state index in [-0.39, 0.29) is 12.2 Å². The molecule has 2 rings (SSSR count). The molecule has 0 aliphatic heterocycles. The highest BCUT2D eigenvalue weighted by Crippen LogP contribution is 2.29. The molecule has 1 aromatic carbocycles. The molecular weight excluding hydrogens is 321 g/mol. The summed E-state index contributed by atoms with van der Waals surface area (Å²) >= 11 is 5.68. The number of carbonyl (C=O) groups excluding carboxylic acids is 1. The van der Waals surface area contributed by atoms with Crippen molar-refractivity contribution in [2.45, 2.75) is 30.6 Å². The van der Waals surface area contributed by atoms with Gasteiger partial charge in [-0.05, 0) is 24.5 Å². The topological polar surface area (TPSA) is 86.5 Å². The number of primary sulfonamides is 1. The Morgan fingerprint density at radius 1 is 1.43 bits per heavy atom. The quantitative estimate of drug-likeness (QED) is 0.837. The van der Waals surface area contributed by atoms with Crippen LogP contribution < -0.4 is 5.14 Å². The summed E-state index contributed by atoms with van der Waals surface area (Å²) in [5.74, 6) is -1.33. The average molecular weight is 336 g/mol. The van der Waals surface area contributed by atoms with E-state index in [1.165, 1.54) is 6.42 Å². The molecule has 1 aliphatic carbocycles. The summed E-state index contributed by atoms with van der Waals surface area (Å²) in [5, 5.41) is 4.44. The number of rotatable bonds is 5. The van der Waals surface area contributed by atoms with Crippen molar-refractivity contribution in [3.8, 4) is 0 Å².